The number of rotatable bonds is 15. The summed E-state index contributed by atoms with van der Waals surface area (Å²) in [7, 11) is 0. The molecule has 1 aromatic heterocycles. The molecule has 1 heterocycles. The van der Waals surface area contributed by atoms with Crippen molar-refractivity contribution in [2.75, 3.05) is 6.54 Å². The highest BCUT2D eigenvalue weighted by atomic mass is 16.4. The molecule has 0 fully saturated rings. The van der Waals surface area contributed by atoms with Crippen LogP contribution in [0.15, 0.2) is 77.2 Å². The zero-order valence-corrected chi connectivity index (χ0v) is 24.6. The molecular formula is C34H42N2O7. The van der Waals surface area contributed by atoms with Crippen molar-refractivity contribution in [2.24, 2.45) is 0 Å². The molecular weight excluding hydrogens is 548 g/mol. The Morgan fingerprint density at radius 1 is 0.674 bits per heavy atom. The molecule has 0 bridgehead atoms. The fraction of sp³-hybridized carbons (Fsp3) is 0.353. The van der Waals surface area contributed by atoms with Gasteiger partial charge in [0.25, 0.3) is 0 Å². The van der Waals surface area contributed by atoms with Crippen molar-refractivity contribution >= 4 is 0 Å². The molecule has 4 rings (SSSR count). The minimum Gasteiger partial charge on any atom is -0.508 e. The minimum atomic E-state index is -0.546. The molecule has 9 nitrogen and oxygen atoms in total. The quantitative estimate of drug-likeness (QED) is 0.0706. The van der Waals surface area contributed by atoms with Crippen LogP contribution in [0.5, 0.6) is 28.7 Å². The van der Waals surface area contributed by atoms with Crippen molar-refractivity contribution in [2.45, 2.75) is 70.8 Å². The van der Waals surface area contributed by atoms with Crippen molar-refractivity contribution in [3.8, 4) is 28.7 Å². The van der Waals surface area contributed by atoms with E-state index in [-0.39, 0.29) is 53.2 Å². The van der Waals surface area contributed by atoms with E-state index in [0.29, 0.717) is 18.7 Å². The molecule has 230 valence electrons. The number of furan rings is 1. The molecule has 0 aliphatic rings. The van der Waals surface area contributed by atoms with Crippen LogP contribution in [0.1, 0.15) is 61.1 Å². The van der Waals surface area contributed by atoms with Gasteiger partial charge in [-0.25, -0.2) is 0 Å². The van der Waals surface area contributed by atoms with Crippen LogP contribution >= 0.6 is 0 Å². The summed E-state index contributed by atoms with van der Waals surface area (Å²) < 4.78 is 5.96. The van der Waals surface area contributed by atoms with Gasteiger partial charge in [-0.05, 0) is 99.0 Å². The molecule has 43 heavy (non-hydrogen) atoms. The molecule has 7 N–H and O–H groups in total. The van der Waals surface area contributed by atoms with Crippen molar-refractivity contribution in [1.82, 2.24) is 10.2 Å². The fourth-order valence-electron chi connectivity index (χ4n) is 5.23. The number of aliphatic hydroxyl groups is 1. The number of hydrogen-bond acceptors (Lipinski definition) is 9. The van der Waals surface area contributed by atoms with Crippen molar-refractivity contribution in [3.05, 3.63) is 101 Å². The second-order valence-electron chi connectivity index (χ2n) is 11.2. The summed E-state index contributed by atoms with van der Waals surface area (Å²) in [5, 5.41) is 63.5. The summed E-state index contributed by atoms with van der Waals surface area (Å²) in [6.45, 7) is 4.35. The lowest BCUT2D eigenvalue weighted by Gasteiger charge is -2.38. The van der Waals surface area contributed by atoms with Crippen molar-refractivity contribution in [1.29, 1.82) is 0 Å². The van der Waals surface area contributed by atoms with Gasteiger partial charge in [-0.3, -0.25) is 10.2 Å². The first kappa shape index (κ1) is 31.7. The third-order valence-electron chi connectivity index (χ3n) is 7.82. The number of benzene rings is 3. The van der Waals surface area contributed by atoms with Gasteiger partial charge in [-0.2, -0.15) is 0 Å². The Balaban J connectivity index is 1.60. The molecule has 9 heteroatoms. The van der Waals surface area contributed by atoms with Gasteiger partial charge in [0, 0.05) is 24.7 Å². The van der Waals surface area contributed by atoms with Crippen LogP contribution in [0.3, 0.4) is 0 Å². The van der Waals surface area contributed by atoms with Gasteiger partial charge in [0.2, 0.25) is 0 Å². The van der Waals surface area contributed by atoms with Gasteiger partial charge in [0.15, 0.2) is 23.0 Å². The van der Waals surface area contributed by atoms with Crippen molar-refractivity contribution < 1.29 is 35.1 Å². The highest BCUT2D eigenvalue weighted by molar-refractivity contribution is 5.40. The van der Waals surface area contributed by atoms with E-state index in [0.717, 1.165) is 42.4 Å². The smallest absolute Gasteiger partial charge is 0.177 e. The Kier molecular flexibility index (Phi) is 10.9. The third kappa shape index (κ3) is 8.90. The number of aryl methyl sites for hydroxylation is 2. The number of aliphatic hydroxyl groups excluding tert-OH is 1. The lowest BCUT2D eigenvalue weighted by Crippen LogP contribution is -2.47. The van der Waals surface area contributed by atoms with Crippen LogP contribution in [0.2, 0.25) is 0 Å². The summed E-state index contributed by atoms with van der Waals surface area (Å²) in [6.07, 6.45) is 3.07. The zero-order chi connectivity index (χ0) is 30.9. The molecule has 3 atom stereocenters. The van der Waals surface area contributed by atoms with Crippen LogP contribution in [0.25, 0.3) is 0 Å². The lowest BCUT2D eigenvalue weighted by molar-refractivity contribution is 0.0831. The SMILES string of the molecule is CC(CCc1ccc(O)cc1)NC(c1oc(CO)cc1O)N(CCc1ccc(O)c(O)c1)C(C)CCc1ccc(O)cc1. The van der Waals surface area contributed by atoms with Gasteiger partial charge in [0.05, 0.1) is 0 Å². The molecule has 0 saturated carbocycles. The van der Waals surface area contributed by atoms with Gasteiger partial charge in [-0.1, -0.05) is 30.3 Å². The predicted molar refractivity (Wildman–Crippen MR) is 164 cm³/mol. The molecule has 0 aliphatic carbocycles. The summed E-state index contributed by atoms with van der Waals surface area (Å²) >= 11 is 0. The molecule has 0 saturated heterocycles. The van der Waals surface area contributed by atoms with E-state index in [9.17, 15) is 30.6 Å². The number of phenolic OH excluding ortho intramolecular Hbond substituents is 4. The molecule has 0 aliphatic heterocycles. The molecule has 0 spiro atoms. The maximum atomic E-state index is 10.9. The zero-order valence-electron chi connectivity index (χ0n) is 24.6. The van der Waals surface area contributed by atoms with Crippen LogP contribution in [0, 0.1) is 0 Å². The lowest BCUT2D eigenvalue weighted by atomic mass is 10.0. The summed E-state index contributed by atoms with van der Waals surface area (Å²) in [6, 6.07) is 20.5. The fourth-order valence-corrected chi connectivity index (χ4v) is 5.23. The average Bonchev–Trinajstić information content (AvgIpc) is 3.38. The predicted octanol–water partition coefficient (Wildman–Crippen LogP) is 5.48. The van der Waals surface area contributed by atoms with Crippen molar-refractivity contribution in [3.63, 3.8) is 0 Å². The number of phenols is 4. The first-order valence-corrected chi connectivity index (χ1v) is 14.6. The second-order valence-corrected chi connectivity index (χ2v) is 11.2. The molecule has 0 amide bonds. The number of aromatic hydroxyl groups is 5. The van der Waals surface area contributed by atoms with E-state index in [1.54, 1.807) is 36.4 Å². The van der Waals surface area contributed by atoms with E-state index < -0.39 is 6.17 Å². The van der Waals surface area contributed by atoms with Crippen LogP contribution in [0.4, 0.5) is 0 Å². The standard InChI is InChI=1S/C34H42N2O7/c1-22(3-5-24-7-12-27(38)13-8-24)35-34(33-32(42)20-29(21-37)43-33)36(18-17-26-11-16-30(40)31(41)19-26)23(2)4-6-25-9-14-28(39)15-10-25/h7-16,19-20,22-23,34-35,37-42H,3-6,17-18,21H2,1-2H3. The number of hydrogen-bond donors (Lipinski definition) is 7. The number of nitrogens with zero attached hydrogens (tertiary/aromatic N) is 1. The monoisotopic (exact) mass is 590 g/mol. The Hall–Kier alpha value is -4.18. The summed E-state index contributed by atoms with van der Waals surface area (Å²) in [5.74, 6) is 0.600. The summed E-state index contributed by atoms with van der Waals surface area (Å²) in [5.41, 5.74) is 3.02. The van der Waals surface area contributed by atoms with E-state index in [1.165, 1.54) is 12.1 Å². The highest BCUT2D eigenvalue weighted by Crippen LogP contribution is 2.34. The third-order valence-corrected chi connectivity index (χ3v) is 7.82. The highest BCUT2D eigenvalue weighted by Gasteiger charge is 2.31. The first-order chi connectivity index (χ1) is 20.6. The average molecular weight is 591 g/mol. The normalized spacial score (nSPS) is 13.7. The van der Waals surface area contributed by atoms with Crippen LogP contribution in [-0.4, -0.2) is 54.2 Å². The summed E-state index contributed by atoms with van der Waals surface area (Å²) in [4.78, 5) is 2.21. The molecule has 3 unspecified atom stereocenters. The molecule has 0 radical (unpaired) electrons. The van der Waals surface area contributed by atoms with E-state index in [4.69, 9.17) is 4.42 Å². The Labute approximate surface area is 252 Å². The second kappa shape index (κ2) is 14.8. The topological polar surface area (TPSA) is 150 Å². The van der Waals surface area contributed by atoms with E-state index in [1.807, 2.05) is 24.3 Å². The largest absolute Gasteiger partial charge is 0.508 e. The van der Waals surface area contributed by atoms with Crippen LogP contribution < -0.4 is 5.32 Å². The minimum absolute atomic E-state index is 0.00889. The Morgan fingerprint density at radius 2 is 1.26 bits per heavy atom. The van der Waals surface area contributed by atoms with Gasteiger partial charge in [-0.15, -0.1) is 0 Å². The Morgan fingerprint density at radius 3 is 1.81 bits per heavy atom. The molecule has 3 aromatic carbocycles. The molecule has 4 aromatic rings. The first-order valence-electron chi connectivity index (χ1n) is 14.6. The van der Waals surface area contributed by atoms with Gasteiger partial charge in [0.1, 0.15) is 30.0 Å². The maximum Gasteiger partial charge on any atom is 0.177 e. The Bertz CT molecular complexity index is 1440. The van der Waals surface area contributed by atoms with Gasteiger partial charge < -0.3 is 35.1 Å². The van der Waals surface area contributed by atoms with Gasteiger partial charge >= 0.3 is 0 Å². The van der Waals surface area contributed by atoms with Crippen LogP contribution in [-0.2, 0) is 25.9 Å². The van der Waals surface area contributed by atoms with E-state index >= 15 is 0 Å². The maximum absolute atomic E-state index is 10.9. The number of nitrogens with one attached hydrogen (secondary N) is 1. The van der Waals surface area contributed by atoms with E-state index in [2.05, 4.69) is 24.1 Å².